The second-order valence-corrected chi connectivity index (χ2v) is 6.76. The van der Waals surface area contributed by atoms with Crippen molar-refractivity contribution in [3.63, 3.8) is 0 Å². The van der Waals surface area contributed by atoms with E-state index in [1.807, 2.05) is 0 Å². The largest absolute Gasteiger partial charge is 0.311 e. The van der Waals surface area contributed by atoms with E-state index in [4.69, 9.17) is 0 Å². The Morgan fingerprint density at radius 3 is 2.62 bits per heavy atom. The van der Waals surface area contributed by atoms with Gasteiger partial charge in [-0.05, 0) is 43.7 Å². The summed E-state index contributed by atoms with van der Waals surface area (Å²) in [5, 5.41) is 3.72. The molecule has 0 radical (unpaired) electrons. The molecule has 1 heterocycles. The number of hydrogen-bond donors (Lipinski definition) is 1. The molecule has 1 aliphatic rings. The Morgan fingerprint density at radius 1 is 1.19 bits per heavy atom. The van der Waals surface area contributed by atoms with Crippen LogP contribution in [0.3, 0.4) is 0 Å². The summed E-state index contributed by atoms with van der Waals surface area (Å²) in [7, 11) is 0. The summed E-state index contributed by atoms with van der Waals surface area (Å²) >= 11 is 0. The minimum Gasteiger partial charge on any atom is -0.311 e. The number of rotatable bonds is 7. The summed E-state index contributed by atoms with van der Waals surface area (Å²) in [4.78, 5) is 2.73. The molecule has 2 rings (SSSR count). The normalized spacial score (nSPS) is 23.6. The Morgan fingerprint density at radius 2 is 1.95 bits per heavy atom. The van der Waals surface area contributed by atoms with Gasteiger partial charge in [0.2, 0.25) is 0 Å². The maximum absolute atomic E-state index is 3.72. The van der Waals surface area contributed by atoms with Crippen LogP contribution in [0.1, 0.15) is 45.6 Å². The van der Waals surface area contributed by atoms with E-state index in [0.717, 1.165) is 18.5 Å². The predicted octanol–water partition coefficient (Wildman–Crippen LogP) is 3.72. The van der Waals surface area contributed by atoms with Gasteiger partial charge in [0.15, 0.2) is 0 Å². The highest BCUT2D eigenvalue weighted by molar-refractivity contribution is 5.14. The molecule has 0 aromatic heterocycles. The highest BCUT2D eigenvalue weighted by Gasteiger charge is 2.27. The van der Waals surface area contributed by atoms with Gasteiger partial charge in [0.1, 0.15) is 0 Å². The fraction of sp³-hybridized carbons (Fsp3) is 0.684. The van der Waals surface area contributed by atoms with Crippen molar-refractivity contribution in [3.8, 4) is 0 Å². The SMILES string of the molecule is CCC1CNC(C(C)C)CN1CCCCc1ccccc1. The van der Waals surface area contributed by atoms with E-state index in [1.54, 1.807) is 0 Å². The summed E-state index contributed by atoms with van der Waals surface area (Å²) in [6.07, 6.45) is 5.10. The molecule has 118 valence electrons. The number of hydrogen-bond acceptors (Lipinski definition) is 2. The van der Waals surface area contributed by atoms with E-state index in [-0.39, 0.29) is 0 Å². The summed E-state index contributed by atoms with van der Waals surface area (Å²) in [6, 6.07) is 12.3. The van der Waals surface area contributed by atoms with Crippen LogP contribution in [-0.4, -0.2) is 36.6 Å². The van der Waals surface area contributed by atoms with Crippen LogP contribution in [0.5, 0.6) is 0 Å². The van der Waals surface area contributed by atoms with Crippen molar-refractivity contribution < 1.29 is 0 Å². The lowest BCUT2D eigenvalue weighted by Crippen LogP contribution is -2.58. The lowest BCUT2D eigenvalue weighted by Gasteiger charge is -2.41. The third kappa shape index (κ3) is 5.12. The molecular weight excluding hydrogens is 256 g/mol. The topological polar surface area (TPSA) is 15.3 Å². The minimum atomic E-state index is 0.668. The first kappa shape index (κ1) is 16.5. The lowest BCUT2D eigenvalue weighted by atomic mass is 9.98. The van der Waals surface area contributed by atoms with Gasteiger partial charge < -0.3 is 5.32 Å². The molecule has 2 heteroatoms. The summed E-state index contributed by atoms with van der Waals surface area (Å²) in [6.45, 7) is 10.6. The fourth-order valence-corrected chi connectivity index (χ4v) is 3.29. The molecule has 0 bridgehead atoms. The molecule has 0 spiro atoms. The molecule has 2 atom stereocenters. The Kier molecular flexibility index (Phi) is 6.72. The third-order valence-corrected chi connectivity index (χ3v) is 4.84. The van der Waals surface area contributed by atoms with Crippen LogP contribution in [0.15, 0.2) is 30.3 Å². The number of piperazine rings is 1. The minimum absolute atomic E-state index is 0.668. The molecular formula is C19H32N2. The van der Waals surface area contributed by atoms with E-state index >= 15 is 0 Å². The Bertz CT molecular complexity index is 388. The number of aryl methyl sites for hydroxylation is 1. The van der Waals surface area contributed by atoms with E-state index in [9.17, 15) is 0 Å². The third-order valence-electron chi connectivity index (χ3n) is 4.84. The quantitative estimate of drug-likeness (QED) is 0.769. The monoisotopic (exact) mass is 288 g/mol. The number of nitrogens with zero attached hydrogens (tertiary/aromatic N) is 1. The molecule has 2 nitrogen and oxygen atoms in total. The molecule has 1 fully saturated rings. The highest BCUT2D eigenvalue weighted by Crippen LogP contribution is 2.16. The van der Waals surface area contributed by atoms with Crippen LogP contribution in [-0.2, 0) is 6.42 Å². The van der Waals surface area contributed by atoms with E-state index in [2.05, 4.69) is 61.3 Å². The molecule has 0 aliphatic carbocycles. The van der Waals surface area contributed by atoms with Crippen molar-refractivity contribution in [3.05, 3.63) is 35.9 Å². The van der Waals surface area contributed by atoms with Crippen molar-refractivity contribution >= 4 is 0 Å². The molecule has 1 N–H and O–H groups in total. The smallest absolute Gasteiger partial charge is 0.0218 e. The maximum Gasteiger partial charge on any atom is 0.0218 e. The molecule has 0 amide bonds. The number of nitrogens with one attached hydrogen (secondary N) is 1. The first-order valence-corrected chi connectivity index (χ1v) is 8.72. The van der Waals surface area contributed by atoms with Gasteiger partial charge in [-0.1, -0.05) is 51.1 Å². The zero-order valence-corrected chi connectivity index (χ0v) is 14.0. The van der Waals surface area contributed by atoms with Crippen LogP contribution in [0, 0.1) is 5.92 Å². The first-order chi connectivity index (χ1) is 10.2. The highest BCUT2D eigenvalue weighted by atomic mass is 15.2. The van der Waals surface area contributed by atoms with Gasteiger partial charge >= 0.3 is 0 Å². The van der Waals surface area contributed by atoms with Crippen molar-refractivity contribution in [2.75, 3.05) is 19.6 Å². The Balaban J connectivity index is 1.74. The zero-order chi connectivity index (χ0) is 15.1. The van der Waals surface area contributed by atoms with Gasteiger partial charge in [0, 0.05) is 25.2 Å². The predicted molar refractivity (Wildman–Crippen MR) is 91.7 cm³/mol. The van der Waals surface area contributed by atoms with Crippen LogP contribution >= 0.6 is 0 Å². The van der Waals surface area contributed by atoms with Gasteiger partial charge in [0.25, 0.3) is 0 Å². The van der Waals surface area contributed by atoms with Crippen molar-refractivity contribution in [2.24, 2.45) is 5.92 Å². The van der Waals surface area contributed by atoms with Crippen LogP contribution in [0.4, 0.5) is 0 Å². The van der Waals surface area contributed by atoms with Crippen LogP contribution < -0.4 is 5.32 Å². The summed E-state index contributed by atoms with van der Waals surface area (Å²) in [5.41, 5.74) is 1.48. The van der Waals surface area contributed by atoms with Gasteiger partial charge in [0.05, 0.1) is 0 Å². The molecule has 2 unspecified atom stereocenters. The number of unbranched alkanes of at least 4 members (excludes halogenated alkanes) is 1. The number of benzene rings is 1. The van der Waals surface area contributed by atoms with Gasteiger partial charge in [-0.15, -0.1) is 0 Å². The second-order valence-electron chi connectivity index (χ2n) is 6.76. The van der Waals surface area contributed by atoms with Gasteiger partial charge in [-0.2, -0.15) is 0 Å². The first-order valence-electron chi connectivity index (χ1n) is 8.72. The van der Waals surface area contributed by atoms with E-state index < -0.39 is 0 Å². The maximum atomic E-state index is 3.72. The van der Waals surface area contributed by atoms with E-state index in [0.29, 0.717) is 6.04 Å². The van der Waals surface area contributed by atoms with Gasteiger partial charge in [-0.3, -0.25) is 4.90 Å². The summed E-state index contributed by atoms with van der Waals surface area (Å²) < 4.78 is 0. The van der Waals surface area contributed by atoms with Crippen LogP contribution in [0.25, 0.3) is 0 Å². The van der Waals surface area contributed by atoms with Crippen molar-refractivity contribution in [1.82, 2.24) is 10.2 Å². The summed E-state index contributed by atoms with van der Waals surface area (Å²) in [5.74, 6) is 0.731. The van der Waals surface area contributed by atoms with Crippen molar-refractivity contribution in [2.45, 2.75) is 58.5 Å². The Labute approximate surface area is 130 Å². The molecule has 1 aliphatic heterocycles. The average molecular weight is 288 g/mol. The average Bonchev–Trinajstić information content (AvgIpc) is 2.52. The molecule has 21 heavy (non-hydrogen) atoms. The zero-order valence-electron chi connectivity index (χ0n) is 14.0. The Hall–Kier alpha value is -0.860. The molecule has 1 aromatic rings. The molecule has 0 saturated carbocycles. The molecule has 1 aromatic carbocycles. The van der Waals surface area contributed by atoms with Crippen molar-refractivity contribution in [1.29, 1.82) is 0 Å². The lowest BCUT2D eigenvalue weighted by molar-refractivity contribution is 0.108. The van der Waals surface area contributed by atoms with Gasteiger partial charge in [-0.25, -0.2) is 0 Å². The molecule has 1 saturated heterocycles. The fourth-order valence-electron chi connectivity index (χ4n) is 3.29. The second kappa shape index (κ2) is 8.55. The van der Waals surface area contributed by atoms with E-state index in [1.165, 1.54) is 44.3 Å². The standard InChI is InChI=1S/C19H32N2/c1-4-18-14-20-19(16(2)3)15-21(18)13-9-8-12-17-10-6-5-7-11-17/h5-7,10-11,16,18-20H,4,8-9,12-15H2,1-3H3. The van der Waals surface area contributed by atoms with Crippen LogP contribution in [0.2, 0.25) is 0 Å².